The van der Waals surface area contributed by atoms with Crippen molar-refractivity contribution in [3.8, 4) is 22.3 Å². The zero-order chi connectivity index (χ0) is 33.3. The number of sulfone groups is 1. The lowest BCUT2D eigenvalue weighted by molar-refractivity contribution is 0.0395. The molecule has 0 radical (unpaired) electrons. The van der Waals surface area contributed by atoms with Gasteiger partial charge in [-0.1, -0.05) is 66.7 Å². The minimum Gasteiger partial charge on any atom is -0.379 e. The second-order valence-corrected chi connectivity index (χ2v) is 15.9. The van der Waals surface area contributed by atoms with Crippen molar-refractivity contribution in [2.24, 2.45) is 0 Å². The third-order valence-electron chi connectivity index (χ3n) is 8.80. The van der Waals surface area contributed by atoms with Gasteiger partial charge in [-0.15, -0.1) is 0 Å². The fourth-order valence-electron chi connectivity index (χ4n) is 6.40. The summed E-state index contributed by atoms with van der Waals surface area (Å²) in [5.74, 6) is -0.128. The molecule has 246 valence electrons. The monoisotopic (exact) mass is 680 g/mol. The molecule has 2 aromatic heterocycles. The number of aromatic nitrogens is 2. The van der Waals surface area contributed by atoms with Gasteiger partial charge < -0.3 is 9.72 Å². The topological polar surface area (TPSA) is 113 Å². The standard InChI is InChI=1S/C37H36N4O5S2/c1-47(42,43)41(19-18-40-20-22-46-23-21-40)30-15-13-28(14-16-30)33-25-38-37-36(35(33)29-8-4-2-5-9-29)32-24-27(12-17-34(32)39-37)26-48(44,45)31-10-6-3-7-11-31/h2-17,24-25H,18-23,26H2,1H3,(H,38,39). The number of sulfonamides is 1. The molecular weight excluding hydrogens is 645 g/mol. The molecule has 11 heteroatoms. The van der Waals surface area contributed by atoms with E-state index in [0.717, 1.165) is 51.6 Å². The van der Waals surface area contributed by atoms with E-state index >= 15 is 0 Å². The van der Waals surface area contributed by atoms with Crippen LogP contribution in [0.4, 0.5) is 5.69 Å². The molecule has 1 aliphatic heterocycles. The van der Waals surface area contributed by atoms with Crippen LogP contribution in [-0.4, -0.2) is 77.4 Å². The molecule has 0 spiro atoms. The Morgan fingerprint density at radius 1 is 0.833 bits per heavy atom. The van der Waals surface area contributed by atoms with Gasteiger partial charge in [0.2, 0.25) is 10.0 Å². The maximum atomic E-state index is 13.3. The molecule has 7 rings (SSSR count). The Morgan fingerprint density at radius 2 is 1.52 bits per heavy atom. The summed E-state index contributed by atoms with van der Waals surface area (Å²) in [6.45, 7) is 3.84. The fraction of sp³-hybridized carbons (Fsp3) is 0.216. The molecule has 3 heterocycles. The van der Waals surface area contributed by atoms with E-state index in [9.17, 15) is 16.8 Å². The molecule has 9 nitrogen and oxygen atoms in total. The van der Waals surface area contributed by atoms with Crippen molar-refractivity contribution in [2.75, 3.05) is 50.0 Å². The van der Waals surface area contributed by atoms with Crippen LogP contribution in [0.3, 0.4) is 0 Å². The first kappa shape index (κ1) is 32.0. The number of hydrogen-bond acceptors (Lipinski definition) is 7. The highest BCUT2D eigenvalue weighted by atomic mass is 32.2. The van der Waals surface area contributed by atoms with E-state index in [1.807, 2.05) is 79.0 Å². The van der Waals surface area contributed by atoms with Gasteiger partial charge in [0.05, 0.1) is 35.8 Å². The van der Waals surface area contributed by atoms with Crippen molar-refractivity contribution in [1.29, 1.82) is 0 Å². The van der Waals surface area contributed by atoms with Gasteiger partial charge in [0.1, 0.15) is 5.65 Å². The second-order valence-electron chi connectivity index (χ2n) is 12.0. The van der Waals surface area contributed by atoms with Crippen LogP contribution >= 0.6 is 0 Å². The summed E-state index contributed by atoms with van der Waals surface area (Å²) in [4.78, 5) is 10.7. The smallest absolute Gasteiger partial charge is 0.232 e. The molecule has 1 fully saturated rings. The first-order valence-corrected chi connectivity index (χ1v) is 19.3. The van der Waals surface area contributed by atoms with Crippen LogP contribution in [0.2, 0.25) is 0 Å². The number of fused-ring (bicyclic) bond motifs is 3. The van der Waals surface area contributed by atoms with Crippen LogP contribution in [0.25, 0.3) is 44.2 Å². The molecule has 0 aliphatic carbocycles. The van der Waals surface area contributed by atoms with E-state index in [2.05, 4.69) is 9.88 Å². The predicted molar refractivity (Wildman–Crippen MR) is 191 cm³/mol. The Bertz CT molecular complexity index is 2290. The fourth-order valence-corrected chi connectivity index (χ4v) is 8.67. The molecule has 6 aromatic rings. The van der Waals surface area contributed by atoms with Crippen molar-refractivity contribution >= 4 is 47.5 Å². The highest BCUT2D eigenvalue weighted by Gasteiger charge is 2.22. The number of ether oxygens (including phenoxy) is 1. The summed E-state index contributed by atoms with van der Waals surface area (Å²) in [7, 11) is -7.06. The highest BCUT2D eigenvalue weighted by molar-refractivity contribution is 7.92. The summed E-state index contributed by atoms with van der Waals surface area (Å²) < 4.78 is 59.1. The first-order chi connectivity index (χ1) is 23.2. The Balaban J connectivity index is 1.30. The van der Waals surface area contributed by atoms with E-state index in [4.69, 9.17) is 9.72 Å². The van der Waals surface area contributed by atoms with Gasteiger partial charge >= 0.3 is 0 Å². The lowest BCUT2D eigenvalue weighted by Crippen LogP contribution is -2.43. The molecular formula is C37H36N4O5S2. The summed E-state index contributed by atoms with van der Waals surface area (Å²) in [6.07, 6.45) is 3.07. The molecule has 48 heavy (non-hydrogen) atoms. The Kier molecular flexibility index (Phi) is 8.78. The molecule has 1 N–H and O–H groups in total. The predicted octanol–water partition coefficient (Wildman–Crippen LogP) is 6.12. The zero-order valence-corrected chi connectivity index (χ0v) is 28.2. The minimum absolute atomic E-state index is 0.128. The van der Waals surface area contributed by atoms with Crippen LogP contribution in [0.1, 0.15) is 5.56 Å². The van der Waals surface area contributed by atoms with Crippen LogP contribution in [0, 0.1) is 0 Å². The summed E-state index contributed by atoms with van der Waals surface area (Å²) in [6, 6.07) is 31.8. The van der Waals surface area contributed by atoms with E-state index in [1.54, 1.807) is 30.3 Å². The van der Waals surface area contributed by atoms with Gasteiger partial charge in [-0.2, -0.15) is 0 Å². The van der Waals surface area contributed by atoms with Crippen molar-refractivity contribution in [3.63, 3.8) is 0 Å². The molecule has 0 amide bonds. The normalized spacial score (nSPS) is 14.4. The van der Waals surface area contributed by atoms with Gasteiger partial charge in [0.15, 0.2) is 9.84 Å². The van der Waals surface area contributed by atoms with Crippen LogP contribution in [0.5, 0.6) is 0 Å². The largest absolute Gasteiger partial charge is 0.379 e. The third-order valence-corrected chi connectivity index (χ3v) is 11.7. The number of nitrogens with zero attached hydrogens (tertiary/aromatic N) is 3. The van der Waals surface area contributed by atoms with Crippen molar-refractivity contribution in [3.05, 3.63) is 115 Å². The number of hydrogen-bond donors (Lipinski definition) is 1. The molecule has 0 bridgehead atoms. The maximum Gasteiger partial charge on any atom is 0.232 e. The van der Waals surface area contributed by atoms with E-state index in [-0.39, 0.29) is 10.6 Å². The second kappa shape index (κ2) is 13.2. The van der Waals surface area contributed by atoms with E-state index < -0.39 is 19.9 Å². The number of H-pyrrole nitrogens is 1. The number of benzene rings is 4. The quantitative estimate of drug-likeness (QED) is 0.186. The average Bonchev–Trinajstić information content (AvgIpc) is 3.47. The van der Waals surface area contributed by atoms with Gasteiger partial charge in [-0.3, -0.25) is 9.21 Å². The van der Waals surface area contributed by atoms with E-state index in [1.165, 1.54) is 10.6 Å². The number of nitrogens with one attached hydrogen (secondary N) is 1. The van der Waals surface area contributed by atoms with Crippen LogP contribution in [-0.2, 0) is 30.4 Å². The van der Waals surface area contributed by atoms with Gasteiger partial charge in [-0.25, -0.2) is 21.8 Å². The minimum atomic E-state index is -3.55. The van der Waals surface area contributed by atoms with Crippen LogP contribution < -0.4 is 4.31 Å². The molecule has 1 saturated heterocycles. The number of aromatic amines is 1. The number of anilines is 1. The van der Waals surface area contributed by atoms with Gasteiger partial charge in [0.25, 0.3) is 0 Å². The SMILES string of the molecule is CS(=O)(=O)N(CCN1CCOCC1)c1ccc(-c2cnc3[nH]c4ccc(CS(=O)(=O)c5ccccc5)cc4c3c2-c2ccccc2)cc1. The first-order valence-electron chi connectivity index (χ1n) is 15.8. The van der Waals surface area contributed by atoms with Gasteiger partial charge in [0, 0.05) is 59.8 Å². The van der Waals surface area contributed by atoms with Crippen molar-refractivity contribution < 1.29 is 21.6 Å². The maximum absolute atomic E-state index is 13.3. The molecule has 0 atom stereocenters. The molecule has 0 unspecified atom stereocenters. The lowest BCUT2D eigenvalue weighted by Gasteiger charge is -2.30. The molecule has 1 aliphatic rings. The Hall–Kier alpha value is -4.55. The summed E-state index contributed by atoms with van der Waals surface area (Å²) in [5.41, 5.74) is 6.52. The summed E-state index contributed by atoms with van der Waals surface area (Å²) in [5, 5.41) is 1.77. The third kappa shape index (κ3) is 6.59. The van der Waals surface area contributed by atoms with Crippen molar-refractivity contribution in [1.82, 2.24) is 14.9 Å². The summed E-state index contributed by atoms with van der Waals surface area (Å²) >= 11 is 0. The molecule has 0 saturated carbocycles. The number of morpholine rings is 1. The Labute approximate surface area is 280 Å². The average molecular weight is 681 g/mol. The van der Waals surface area contributed by atoms with Crippen molar-refractivity contribution in [2.45, 2.75) is 10.6 Å². The molecule has 4 aromatic carbocycles. The highest BCUT2D eigenvalue weighted by Crippen LogP contribution is 2.41. The van der Waals surface area contributed by atoms with E-state index in [0.29, 0.717) is 43.2 Å². The lowest BCUT2D eigenvalue weighted by atomic mass is 9.92. The zero-order valence-electron chi connectivity index (χ0n) is 26.5. The van der Waals surface area contributed by atoms with Gasteiger partial charge in [-0.05, 0) is 53.1 Å². The van der Waals surface area contributed by atoms with Crippen LogP contribution in [0.15, 0.2) is 114 Å². The Morgan fingerprint density at radius 3 is 2.21 bits per heavy atom. The number of rotatable bonds is 10. The number of pyridine rings is 1.